The molecule has 0 aromatic heterocycles. The molecule has 0 aliphatic carbocycles. The van der Waals surface area contributed by atoms with E-state index in [4.69, 9.17) is 4.74 Å². The van der Waals surface area contributed by atoms with E-state index >= 15 is 8.78 Å². The van der Waals surface area contributed by atoms with Crippen LogP contribution in [0.3, 0.4) is 0 Å². The van der Waals surface area contributed by atoms with Crippen LogP contribution in [-0.4, -0.2) is 61.4 Å². The molecular formula is C28H39F2N3O5Si. The molecule has 0 spiro atoms. The Kier molecular flexibility index (Phi) is 11.6. The van der Waals surface area contributed by atoms with Gasteiger partial charge in [-0.1, -0.05) is 94.2 Å². The highest BCUT2D eigenvalue weighted by molar-refractivity contribution is 6.76. The Morgan fingerprint density at radius 1 is 0.923 bits per heavy atom. The second-order valence-electron chi connectivity index (χ2n) is 11.0. The highest BCUT2D eigenvalue weighted by Crippen LogP contribution is 2.24. The molecule has 0 fully saturated rings. The fraction of sp³-hybridized carbons (Fsp3) is 0.464. The average molecular weight is 564 g/mol. The van der Waals surface area contributed by atoms with Crippen LogP contribution in [0.25, 0.3) is 0 Å². The largest absolute Gasteiger partial charge is 0.445 e. The van der Waals surface area contributed by atoms with Crippen LogP contribution in [0.5, 0.6) is 0 Å². The SMILES string of the molecule is CC(C)[C@H](NC(=O)OCc1ccccc1)C(=O)NC(Cc1ccccc1)C(O)C(F)(F)C(=O)NC[Si](C)(C)C. The van der Waals surface area contributed by atoms with Gasteiger partial charge < -0.3 is 25.8 Å². The Bertz CT molecular complexity index is 1080. The maximum absolute atomic E-state index is 15.1. The van der Waals surface area contributed by atoms with Gasteiger partial charge in [-0.3, -0.25) is 9.59 Å². The third-order valence-corrected chi connectivity index (χ3v) is 7.13. The molecule has 0 aliphatic heterocycles. The maximum atomic E-state index is 15.1. The molecule has 2 rings (SSSR count). The Hall–Kier alpha value is -3.31. The zero-order chi connectivity index (χ0) is 29.2. The van der Waals surface area contributed by atoms with Crippen molar-refractivity contribution in [3.63, 3.8) is 0 Å². The van der Waals surface area contributed by atoms with E-state index in [1.165, 1.54) is 0 Å². The van der Waals surface area contributed by atoms with E-state index in [1.54, 1.807) is 68.4 Å². The summed E-state index contributed by atoms with van der Waals surface area (Å²) in [5, 5.41) is 17.9. The number of amides is 3. The van der Waals surface area contributed by atoms with Crippen LogP contribution in [0, 0.1) is 5.92 Å². The molecule has 0 saturated carbocycles. The number of aliphatic hydroxyl groups excluding tert-OH is 1. The number of rotatable bonds is 13. The normalized spacial score (nSPS) is 14.2. The summed E-state index contributed by atoms with van der Waals surface area (Å²) < 4.78 is 35.5. The first-order valence-electron chi connectivity index (χ1n) is 12.9. The zero-order valence-corrected chi connectivity index (χ0v) is 24.0. The summed E-state index contributed by atoms with van der Waals surface area (Å²) in [6.45, 7) is 9.04. The Balaban J connectivity index is 2.18. The lowest BCUT2D eigenvalue weighted by Crippen LogP contribution is -2.61. The van der Waals surface area contributed by atoms with Gasteiger partial charge in [0, 0.05) is 6.17 Å². The quantitative estimate of drug-likeness (QED) is 0.278. The number of carbonyl (C=O) groups is 3. The lowest BCUT2D eigenvalue weighted by atomic mass is 9.95. The van der Waals surface area contributed by atoms with Gasteiger partial charge in [-0.2, -0.15) is 8.78 Å². The summed E-state index contributed by atoms with van der Waals surface area (Å²) in [5.74, 6) is -7.01. The smallest absolute Gasteiger partial charge is 0.408 e. The highest BCUT2D eigenvalue weighted by atomic mass is 28.3. The van der Waals surface area contributed by atoms with Crippen molar-refractivity contribution < 1.29 is 33.0 Å². The van der Waals surface area contributed by atoms with Crippen molar-refractivity contribution in [3.8, 4) is 0 Å². The monoisotopic (exact) mass is 563 g/mol. The lowest BCUT2D eigenvalue weighted by Gasteiger charge is -2.32. The number of hydrogen-bond donors (Lipinski definition) is 4. The zero-order valence-electron chi connectivity index (χ0n) is 23.0. The number of nitrogens with one attached hydrogen (secondary N) is 3. The summed E-state index contributed by atoms with van der Waals surface area (Å²) in [6, 6.07) is 14.7. The van der Waals surface area contributed by atoms with Crippen molar-refractivity contribution in [2.75, 3.05) is 6.17 Å². The van der Waals surface area contributed by atoms with Gasteiger partial charge in [0.1, 0.15) is 18.8 Å². The standard InChI is InChI=1S/C28H39F2N3O5Si/c1-19(2)23(33-27(37)38-17-21-14-10-7-11-15-21)25(35)32-22(16-20-12-8-6-9-13-20)24(34)28(29,30)26(36)31-18-39(3,4)5/h6-15,19,22-24,34H,16-18H2,1-5H3,(H,31,36)(H,32,35)(H,33,37)/t22?,23-,24?/m0/s1. The van der Waals surface area contributed by atoms with E-state index < -0.39 is 56.0 Å². The van der Waals surface area contributed by atoms with E-state index in [9.17, 15) is 19.5 Å². The number of carbonyl (C=O) groups excluding carboxylic acids is 3. The molecule has 0 radical (unpaired) electrons. The topological polar surface area (TPSA) is 117 Å². The molecule has 0 heterocycles. The van der Waals surface area contributed by atoms with E-state index in [0.717, 1.165) is 5.56 Å². The Morgan fingerprint density at radius 3 is 1.97 bits per heavy atom. The van der Waals surface area contributed by atoms with E-state index in [-0.39, 0.29) is 19.2 Å². The fourth-order valence-corrected chi connectivity index (χ4v) is 4.35. The van der Waals surface area contributed by atoms with Gasteiger partial charge in [-0.05, 0) is 23.5 Å². The van der Waals surface area contributed by atoms with Crippen LogP contribution in [0.2, 0.25) is 19.6 Å². The maximum Gasteiger partial charge on any atom is 0.408 e. The van der Waals surface area contributed by atoms with Crippen LogP contribution in [0.1, 0.15) is 25.0 Å². The van der Waals surface area contributed by atoms with Crippen molar-refractivity contribution in [2.45, 2.75) is 70.6 Å². The van der Waals surface area contributed by atoms with Crippen molar-refractivity contribution in [3.05, 3.63) is 71.8 Å². The van der Waals surface area contributed by atoms with Crippen LogP contribution >= 0.6 is 0 Å². The molecule has 0 aliphatic rings. The number of benzene rings is 2. The van der Waals surface area contributed by atoms with Gasteiger partial charge in [-0.25, -0.2) is 4.79 Å². The van der Waals surface area contributed by atoms with Gasteiger partial charge in [0.15, 0.2) is 0 Å². The number of hydrogen-bond acceptors (Lipinski definition) is 5. The number of ether oxygens (including phenoxy) is 1. The minimum Gasteiger partial charge on any atom is -0.445 e. The van der Waals surface area contributed by atoms with E-state index in [0.29, 0.717) is 5.56 Å². The Morgan fingerprint density at radius 2 is 1.46 bits per heavy atom. The molecule has 3 atom stereocenters. The van der Waals surface area contributed by atoms with Gasteiger partial charge in [0.05, 0.1) is 14.1 Å². The number of alkyl carbamates (subject to hydrolysis) is 1. The molecule has 2 aromatic carbocycles. The molecule has 11 heteroatoms. The molecule has 8 nitrogen and oxygen atoms in total. The molecule has 2 unspecified atom stereocenters. The number of alkyl halides is 2. The van der Waals surface area contributed by atoms with Crippen molar-refractivity contribution in [1.82, 2.24) is 16.0 Å². The molecule has 2 aromatic rings. The summed E-state index contributed by atoms with van der Waals surface area (Å²) in [4.78, 5) is 38.0. The predicted molar refractivity (Wildman–Crippen MR) is 148 cm³/mol. The van der Waals surface area contributed by atoms with Crippen LogP contribution < -0.4 is 16.0 Å². The van der Waals surface area contributed by atoms with E-state index in [2.05, 4.69) is 16.0 Å². The molecule has 0 bridgehead atoms. The minimum absolute atomic E-state index is 0.0206. The van der Waals surface area contributed by atoms with Gasteiger partial charge in [0.2, 0.25) is 5.91 Å². The van der Waals surface area contributed by atoms with Crippen molar-refractivity contribution >= 4 is 26.0 Å². The first-order valence-corrected chi connectivity index (χ1v) is 16.6. The van der Waals surface area contributed by atoms with Crippen molar-refractivity contribution in [1.29, 1.82) is 0 Å². The molecular weight excluding hydrogens is 524 g/mol. The molecule has 0 saturated heterocycles. The second kappa shape index (κ2) is 14.2. The summed E-state index contributed by atoms with van der Waals surface area (Å²) in [5.41, 5.74) is 1.32. The first-order chi connectivity index (χ1) is 18.2. The lowest BCUT2D eigenvalue weighted by molar-refractivity contribution is -0.167. The van der Waals surface area contributed by atoms with Crippen LogP contribution in [-0.2, 0) is 27.4 Å². The van der Waals surface area contributed by atoms with Gasteiger partial charge >= 0.3 is 12.0 Å². The van der Waals surface area contributed by atoms with Gasteiger partial charge in [-0.15, -0.1) is 0 Å². The summed E-state index contributed by atoms with van der Waals surface area (Å²) in [7, 11) is -1.89. The first kappa shape index (κ1) is 31.9. The number of aliphatic hydroxyl groups is 1. The van der Waals surface area contributed by atoms with Crippen LogP contribution in [0.15, 0.2) is 60.7 Å². The third kappa shape index (κ3) is 10.4. The summed E-state index contributed by atoms with van der Waals surface area (Å²) >= 11 is 0. The van der Waals surface area contributed by atoms with E-state index in [1.807, 2.05) is 25.7 Å². The van der Waals surface area contributed by atoms with Crippen molar-refractivity contribution in [2.24, 2.45) is 5.92 Å². The fourth-order valence-electron chi connectivity index (χ4n) is 3.66. The summed E-state index contributed by atoms with van der Waals surface area (Å²) in [6.07, 6.45) is -3.45. The second-order valence-corrected chi connectivity index (χ2v) is 16.5. The van der Waals surface area contributed by atoms with Crippen LogP contribution in [0.4, 0.5) is 13.6 Å². The molecule has 3 amide bonds. The molecule has 39 heavy (non-hydrogen) atoms. The average Bonchev–Trinajstić information content (AvgIpc) is 2.88. The highest BCUT2D eigenvalue weighted by Gasteiger charge is 2.50. The predicted octanol–water partition coefficient (Wildman–Crippen LogP) is 3.65. The third-order valence-electron chi connectivity index (χ3n) is 5.90. The molecule has 214 valence electrons. The minimum atomic E-state index is -4.18. The number of halogens is 2. The molecule has 4 N–H and O–H groups in total. The van der Waals surface area contributed by atoms with Gasteiger partial charge in [0.25, 0.3) is 5.91 Å². The Labute approximate surface area is 229 Å².